The monoisotopic (exact) mass is 922 g/mol. The SMILES string of the molecule is C=C.C=CN(CCNC(=O)OC(C)(C)C)CCNC(=O)OC(C)(C)C.CCCC=O.CCCC=O.CN(CCNC(=O)OC(C)(C)C)CCNC(=O)OC(C)(C)C.NCCNCCN. The van der Waals surface area contributed by atoms with Crippen molar-refractivity contribution in [2.24, 2.45) is 11.5 Å². The molecule has 0 aliphatic carbocycles. The van der Waals surface area contributed by atoms with Gasteiger partial charge in [0.15, 0.2) is 0 Å². The molecule has 19 nitrogen and oxygen atoms in total. The van der Waals surface area contributed by atoms with Crippen LogP contribution in [0.3, 0.4) is 0 Å². The van der Waals surface area contributed by atoms with Crippen LogP contribution in [0.15, 0.2) is 25.9 Å². The van der Waals surface area contributed by atoms with Gasteiger partial charge in [-0.25, -0.2) is 19.2 Å². The molecule has 9 N–H and O–H groups in total. The number of carbonyl (C=O) groups excluding carboxylic acids is 6. The summed E-state index contributed by atoms with van der Waals surface area (Å²) in [5.41, 5.74) is 8.32. The largest absolute Gasteiger partial charge is 0.444 e. The number of amides is 4. The molecule has 0 aliphatic heterocycles. The normalized spacial score (nSPS) is 10.5. The molecule has 64 heavy (non-hydrogen) atoms. The summed E-state index contributed by atoms with van der Waals surface area (Å²) in [6, 6.07) is 0. The predicted molar refractivity (Wildman–Crippen MR) is 260 cm³/mol. The summed E-state index contributed by atoms with van der Waals surface area (Å²) in [5, 5.41) is 13.7. The van der Waals surface area contributed by atoms with Crippen LogP contribution in [0.2, 0.25) is 0 Å². The first-order chi connectivity index (χ1) is 29.6. The summed E-state index contributed by atoms with van der Waals surface area (Å²) in [7, 11) is 1.91. The average Bonchev–Trinajstić information content (AvgIpc) is 3.14. The van der Waals surface area contributed by atoms with E-state index in [4.69, 9.17) is 30.4 Å². The number of alkyl carbamates (subject to hydrolysis) is 4. The van der Waals surface area contributed by atoms with E-state index in [0.717, 1.165) is 38.5 Å². The number of unbranched alkanes of at least 4 members (excludes halogenated alkanes) is 2. The van der Waals surface area contributed by atoms with E-state index < -0.39 is 46.8 Å². The van der Waals surface area contributed by atoms with Crippen molar-refractivity contribution in [3.05, 3.63) is 25.9 Å². The minimum absolute atomic E-state index is 0.423. The van der Waals surface area contributed by atoms with E-state index in [0.29, 0.717) is 78.3 Å². The van der Waals surface area contributed by atoms with Crippen molar-refractivity contribution in [1.29, 1.82) is 0 Å². The fourth-order valence-corrected chi connectivity index (χ4v) is 3.53. The maximum absolute atomic E-state index is 11.5. The van der Waals surface area contributed by atoms with Crippen LogP contribution < -0.4 is 38.1 Å². The molecule has 0 saturated carbocycles. The number of aldehydes is 2. The Morgan fingerprint density at radius 1 is 0.516 bits per heavy atom. The van der Waals surface area contributed by atoms with E-state index >= 15 is 0 Å². The topological polar surface area (TPSA) is 258 Å². The molecule has 0 aliphatic rings. The van der Waals surface area contributed by atoms with Crippen LogP contribution >= 0.6 is 0 Å². The van der Waals surface area contributed by atoms with Gasteiger partial charge in [0.25, 0.3) is 0 Å². The summed E-state index contributed by atoms with van der Waals surface area (Å²) in [6.07, 6.45) is 5.14. The molecule has 0 radical (unpaired) electrons. The zero-order chi connectivity index (χ0) is 51.3. The first-order valence-corrected chi connectivity index (χ1v) is 22.0. The lowest BCUT2D eigenvalue weighted by Crippen LogP contribution is -2.40. The highest BCUT2D eigenvalue weighted by Gasteiger charge is 2.18. The Hall–Kier alpha value is -4.46. The maximum Gasteiger partial charge on any atom is 0.407 e. The Balaban J connectivity index is -0.000000188. The quantitative estimate of drug-likeness (QED) is 0.0315. The van der Waals surface area contributed by atoms with Gasteiger partial charge < -0.3 is 76.4 Å². The fraction of sp³-hybridized carbons (Fsp3) is 0.778. The summed E-state index contributed by atoms with van der Waals surface area (Å²) >= 11 is 0. The summed E-state index contributed by atoms with van der Waals surface area (Å²) in [4.78, 5) is 68.6. The zero-order valence-corrected chi connectivity index (χ0v) is 42.8. The molecule has 0 aromatic heterocycles. The lowest BCUT2D eigenvalue weighted by atomic mass is 10.2. The number of hydrogen-bond donors (Lipinski definition) is 7. The van der Waals surface area contributed by atoms with E-state index in [2.05, 4.69) is 46.3 Å². The van der Waals surface area contributed by atoms with Crippen molar-refractivity contribution in [3.8, 4) is 0 Å². The van der Waals surface area contributed by atoms with Crippen LogP contribution in [-0.4, -0.2) is 155 Å². The third-order valence-corrected chi connectivity index (χ3v) is 6.17. The molecule has 0 atom stereocenters. The van der Waals surface area contributed by atoms with Gasteiger partial charge in [-0.2, -0.15) is 0 Å². The Morgan fingerprint density at radius 3 is 0.938 bits per heavy atom. The highest BCUT2D eigenvalue weighted by Crippen LogP contribution is 2.08. The van der Waals surface area contributed by atoms with Crippen LogP contribution in [0.4, 0.5) is 19.2 Å². The van der Waals surface area contributed by atoms with Crippen molar-refractivity contribution in [3.63, 3.8) is 0 Å². The number of nitrogens with two attached hydrogens (primary N) is 2. The van der Waals surface area contributed by atoms with Gasteiger partial charge in [0.1, 0.15) is 35.0 Å². The molecular weight excluding hydrogens is 827 g/mol. The number of rotatable bonds is 21. The van der Waals surface area contributed by atoms with Gasteiger partial charge in [-0.3, -0.25) is 0 Å². The van der Waals surface area contributed by atoms with Gasteiger partial charge in [-0.15, -0.1) is 13.2 Å². The highest BCUT2D eigenvalue weighted by atomic mass is 16.6. The molecule has 0 heterocycles. The van der Waals surface area contributed by atoms with E-state index in [9.17, 15) is 28.8 Å². The van der Waals surface area contributed by atoms with Crippen LogP contribution in [0, 0.1) is 0 Å². The highest BCUT2D eigenvalue weighted by molar-refractivity contribution is 5.68. The van der Waals surface area contributed by atoms with Crippen LogP contribution in [0.25, 0.3) is 0 Å². The Labute approximate surface area is 388 Å². The van der Waals surface area contributed by atoms with E-state index in [-0.39, 0.29) is 0 Å². The van der Waals surface area contributed by atoms with Crippen molar-refractivity contribution < 1.29 is 47.7 Å². The number of hydrogen-bond acceptors (Lipinski definition) is 15. The molecule has 0 spiro atoms. The third-order valence-electron chi connectivity index (χ3n) is 6.17. The number of carbonyl (C=O) groups is 6. The molecule has 4 amide bonds. The number of nitrogens with one attached hydrogen (secondary N) is 5. The second-order valence-corrected chi connectivity index (χ2v) is 17.5. The van der Waals surface area contributed by atoms with Crippen LogP contribution in [0.1, 0.15) is 123 Å². The molecule has 0 bridgehead atoms. The number of likely N-dealkylation sites (N-methyl/N-ethyl adjacent to an activating group) is 1. The minimum Gasteiger partial charge on any atom is -0.444 e. The van der Waals surface area contributed by atoms with Crippen molar-refractivity contribution in [2.75, 3.05) is 85.6 Å². The molecule has 0 rings (SSSR count). The predicted octanol–water partition coefficient (Wildman–Crippen LogP) is 5.72. The Morgan fingerprint density at radius 2 is 0.766 bits per heavy atom. The third kappa shape index (κ3) is 74.9. The molecule has 0 unspecified atom stereocenters. The second kappa shape index (κ2) is 45.1. The lowest BCUT2D eigenvalue weighted by molar-refractivity contribution is -0.108. The molecule has 0 aromatic rings. The summed E-state index contributed by atoms with van der Waals surface area (Å²) in [6.45, 7) is 42.9. The standard InChI is InChI=1S/C16H31N3O4.C15H31N3O4.C4H13N3.2C4H8O.C2H4/c1-8-19(11-9-17-13(20)22-15(2,3)4)12-10-18-14(21)23-16(5,6)7;1-14(2,3)21-12(19)16-8-10-18(7)11-9-17-13(20)22-15(4,5)6;5-1-3-7-4-2-6;2*1-2-3-4-5;1-2/h8H,1,9-12H2,2-7H3,(H,17,20)(H,18,21);8-11H2,1-7H3,(H,16,19)(H,17,20);7H,1-6H2;2*4H,2-3H2,1H3;1-2H2. The second-order valence-electron chi connectivity index (χ2n) is 17.5. The van der Waals surface area contributed by atoms with Crippen molar-refractivity contribution in [1.82, 2.24) is 36.4 Å². The van der Waals surface area contributed by atoms with E-state index in [1.807, 2.05) is 114 Å². The minimum atomic E-state index is -0.514. The molecule has 0 aromatic carbocycles. The van der Waals surface area contributed by atoms with E-state index in [1.54, 1.807) is 6.20 Å². The van der Waals surface area contributed by atoms with Crippen LogP contribution in [-0.2, 0) is 28.5 Å². The van der Waals surface area contributed by atoms with Crippen molar-refractivity contribution >= 4 is 36.9 Å². The van der Waals surface area contributed by atoms with Gasteiger partial charge in [-0.05, 0) is 109 Å². The van der Waals surface area contributed by atoms with Gasteiger partial charge in [0.2, 0.25) is 0 Å². The average molecular weight is 922 g/mol. The maximum atomic E-state index is 11.5. The smallest absolute Gasteiger partial charge is 0.407 e. The van der Waals surface area contributed by atoms with Gasteiger partial charge in [0, 0.05) is 91.4 Å². The van der Waals surface area contributed by atoms with Gasteiger partial charge in [-0.1, -0.05) is 20.4 Å². The summed E-state index contributed by atoms with van der Waals surface area (Å²) < 4.78 is 20.6. The number of ether oxygens (including phenoxy) is 4. The Kier molecular flexibility index (Phi) is 50.2. The molecular formula is C45H95N9O10. The first-order valence-electron chi connectivity index (χ1n) is 22.0. The number of nitrogens with zero attached hydrogens (tertiary/aromatic N) is 2. The summed E-state index contributed by atoms with van der Waals surface area (Å²) in [5.74, 6) is 0. The first kappa shape index (κ1) is 71.2. The lowest BCUT2D eigenvalue weighted by Gasteiger charge is -2.23. The van der Waals surface area contributed by atoms with Gasteiger partial charge >= 0.3 is 24.4 Å². The zero-order valence-electron chi connectivity index (χ0n) is 42.8. The fourth-order valence-electron chi connectivity index (χ4n) is 3.53. The van der Waals surface area contributed by atoms with Crippen molar-refractivity contribution in [2.45, 2.75) is 145 Å². The van der Waals surface area contributed by atoms with E-state index in [1.165, 1.54) is 0 Å². The molecule has 0 saturated heterocycles. The Bertz CT molecular complexity index is 1090. The van der Waals surface area contributed by atoms with Gasteiger partial charge in [0.05, 0.1) is 0 Å². The van der Waals surface area contributed by atoms with Crippen LogP contribution in [0.5, 0.6) is 0 Å². The molecule has 19 heteroatoms. The molecule has 0 fully saturated rings. The molecule has 380 valence electrons.